The lowest BCUT2D eigenvalue weighted by atomic mass is 10.2. The summed E-state index contributed by atoms with van der Waals surface area (Å²) in [6, 6.07) is 14.6. The molecule has 2 aromatic carbocycles. The van der Waals surface area contributed by atoms with E-state index in [0.29, 0.717) is 17.1 Å². The van der Waals surface area contributed by atoms with Crippen LogP contribution in [0, 0.1) is 0 Å². The fourth-order valence-corrected chi connectivity index (χ4v) is 2.23. The molecule has 0 N–H and O–H groups in total. The number of nitrogens with zero attached hydrogens (tertiary/aromatic N) is 1. The molecule has 2 aromatic rings. The molecule has 0 fully saturated rings. The first kappa shape index (κ1) is 14.8. The lowest BCUT2D eigenvalue weighted by molar-refractivity contribution is -0.129. The van der Waals surface area contributed by atoms with E-state index in [9.17, 15) is 4.79 Å². The first-order valence-electron chi connectivity index (χ1n) is 7.01. The number of hydrogen-bond donors (Lipinski definition) is 0. The molecule has 0 bridgehead atoms. The fourth-order valence-electron chi connectivity index (χ4n) is 2.23. The summed E-state index contributed by atoms with van der Waals surface area (Å²) in [5, 5.41) is 0. The van der Waals surface area contributed by atoms with Crippen LogP contribution in [-0.4, -0.2) is 26.1 Å². The standard InChI is InChI=1S/C18H15NO4/c1-21-13-7-5-6-12(10-13)11-15-18(20)23-17(19-15)14-8-3-4-9-16(14)22-2/h3-11H,1-2H3/b15-11+. The number of carbonyl (C=O) groups excluding carboxylic acids is 1. The van der Waals surface area contributed by atoms with Crippen molar-refractivity contribution in [2.75, 3.05) is 14.2 Å². The number of ether oxygens (including phenoxy) is 3. The highest BCUT2D eigenvalue weighted by atomic mass is 16.6. The Kier molecular flexibility index (Phi) is 4.10. The molecule has 3 rings (SSSR count). The summed E-state index contributed by atoms with van der Waals surface area (Å²) in [4.78, 5) is 16.3. The summed E-state index contributed by atoms with van der Waals surface area (Å²) in [5.74, 6) is 1.05. The first-order chi connectivity index (χ1) is 11.2. The Balaban J connectivity index is 1.96. The molecule has 23 heavy (non-hydrogen) atoms. The van der Waals surface area contributed by atoms with E-state index < -0.39 is 5.97 Å². The Morgan fingerprint density at radius 2 is 1.87 bits per heavy atom. The lowest BCUT2D eigenvalue weighted by Crippen LogP contribution is -2.06. The Morgan fingerprint density at radius 1 is 1.04 bits per heavy atom. The maximum Gasteiger partial charge on any atom is 0.363 e. The largest absolute Gasteiger partial charge is 0.497 e. The van der Waals surface area contributed by atoms with Crippen LogP contribution in [0.5, 0.6) is 11.5 Å². The van der Waals surface area contributed by atoms with E-state index in [2.05, 4.69) is 4.99 Å². The minimum atomic E-state index is -0.492. The lowest BCUT2D eigenvalue weighted by Gasteiger charge is -2.05. The maximum atomic E-state index is 12.0. The van der Waals surface area contributed by atoms with Crippen LogP contribution in [0.4, 0.5) is 0 Å². The zero-order valence-electron chi connectivity index (χ0n) is 12.8. The van der Waals surface area contributed by atoms with E-state index in [1.165, 1.54) is 0 Å². The van der Waals surface area contributed by atoms with Crippen LogP contribution in [0.25, 0.3) is 6.08 Å². The molecule has 0 saturated carbocycles. The summed E-state index contributed by atoms with van der Waals surface area (Å²) in [6.07, 6.45) is 1.66. The van der Waals surface area contributed by atoms with Gasteiger partial charge in [-0.1, -0.05) is 24.3 Å². The number of methoxy groups -OCH3 is 2. The van der Waals surface area contributed by atoms with E-state index in [0.717, 1.165) is 5.56 Å². The summed E-state index contributed by atoms with van der Waals surface area (Å²) in [5.41, 5.74) is 1.68. The number of cyclic esters (lactones) is 1. The molecule has 5 heteroatoms. The molecule has 0 radical (unpaired) electrons. The van der Waals surface area contributed by atoms with Gasteiger partial charge in [-0.15, -0.1) is 0 Å². The van der Waals surface area contributed by atoms with Crippen LogP contribution in [0.1, 0.15) is 11.1 Å². The number of benzene rings is 2. The minimum Gasteiger partial charge on any atom is -0.497 e. The zero-order chi connectivity index (χ0) is 16.2. The molecular formula is C18H15NO4. The van der Waals surface area contributed by atoms with E-state index in [4.69, 9.17) is 14.2 Å². The average molecular weight is 309 g/mol. The van der Waals surface area contributed by atoms with Gasteiger partial charge in [0.15, 0.2) is 5.70 Å². The second-order valence-corrected chi connectivity index (χ2v) is 4.81. The molecule has 0 saturated heterocycles. The minimum absolute atomic E-state index is 0.235. The number of rotatable bonds is 4. The smallest absolute Gasteiger partial charge is 0.363 e. The number of esters is 1. The molecular weight excluding hydrogens is 294 g/mol. The van der Waals surface area contributed by atoms with E-state index >= 15 is 0 Å². The van der Waals surface area contributed by atoms with Crippen LogP contribution >= 0.6 is 0 Å². The Bertz CT molecular complexity index is 808. The van der Waals surface area contributed by atoms with Gasteiger partial charge in [0, 0.05) is 0 Å². The third-order valence-electron chi connectivity index (χ3n) is 3.36. The predicted molar refractivity (Wildman–Crippen MR) is 86.6 cm³/mol. The van der Waals surface area contributed by atoms with Crippen molar-refractivity contribution in [2.24, 2.45) is 4.99 Å². The summed E-state index contributed by atoms with van der Waals surface area (Å²) >= 11 is 0. The highest BCUT2D eigenvalue weighted by Gasteiger charge is 2.26. The van der Waals surface area contributed by atoms with Crippen molar-refractivity contribution in [3.05, 3.63) is 65.4 Å². The van der Waals surface area contributed by atoms with Gasteiger partial charge in [-0.25, -0.2) is 9.79 Å². The van der Waals surface area contributed by atoms with Gasteiger partial charge < -0.3 is 14.2 Å². The van der Waals surface area contributed by atoms with Crippen LogP contribution in [0.2, 0.25) is 0 Å². The Hall–Kier alpha value is -3.08. The van der Waals surface area contributed by atoms with Crippen molar-refractivity contribution in [2.45, 2.75) is 0 Å². The molecule has 1 aliphatic heterocycles. The van der Waals surface area contributed by atoms with Gasteiger partial charge in [0.25, 0.3) is 0 Å². The van der Waals surface area contributed by atoms with Gasteiger partial charge in [0.1, 0.15) is 11.5 Å². The summed E-state index contributed by atoms with van der Waals surface area (Å²) in [6.45, 7) is 0. The van der Waals surface area contributed by atoms with Crippen molar-refractivity contribution in [1.29, 1.82) is 0 Å². The summed E-state index contributed by atoms with van der Waals surface area (Å²) < 4.78 is 15.7. The van der Waals surface area contributed by atoms with Gasteiger partial charge in [0.2, 0.25) is 5.90 Å². The van der Waals surface area contributed by atoms with Gasteiger partial charge in [-0.2, -0.15) is 0 Å². The van der Waals surface area contributed by atoms with E-state index in [1.54, 1.807) is 32.4 Å². The number of para-hydroxylation sites is 1. The van der Waals surface area contributed by atoms with Crippen LogP contribution in [0.3, 0.4) is 0 Å². The topological polar surface area (TPSA) is 57.1 Å². The first-order valence-corrected chi connectivity index (χ1v) is 7.01. The molecule has 0 unspecified atom stereocenters. The van der Waals surface area contributed by atoms with Gasteiger partial charge in [-0.3, -0.25) is 0 Å². The second kappa shape index (κ2) is 6.36. The van der Waals surface area contributed by atoms with Crippen LogP contribution in [0.15, 0.2) is 59.2 Å². The van der Waals surface area contributed by atoms with Gasteiger partial charge >= 0.3 is 5.97 Å². The van der Waals surface area contributed by atoms with Gasteiger partial charge in [-0.05, 0) is 35.9 Å². The molecule has 5 nitrogen and oxygen atoms in total. The van der Waals surface area contributed by atoms with Crippen molar-refractivity contribution in [3.63, 3.8) is 0 Å². The Morgan fingerprint density at radius 3 is 2.65 bits per heavy atom. The molecule has 0 atom stereocenters. The van der Waals surface area contributed by atoms with Crippen molar-refractivity contribution in [3.8, 4) is 11.5 Å². The molecule has 0 amide bonds. The fraction of sp³-hybridized carbons (Fsp3) is 0.111. The van der Waals surface area contributed by atoms with Gasteiger partial charge in [0.05, 0.1) is 19.8 Å². The SMILES string of the molecule is COc1cccc(/C=C2/N=C(c3ccccc3OC)OC2=O)c1. The number of aliphatic imine (C=N–C) groups is 1. The molecule has 116 valence electrons. The second-order valence-electron chi connectivity index (χ2n) is 4.81. The van der Waals surface area contributed by atoms with Crippen LogP contribution in [-0.2, 0) is 9.53 Å². The van der Waals surface area contributed by atoms with Crippen molar-refractivity contribution >= 4 is 17.9 Å². The quantitative estimate of drug-likeness (QED) is 0.643. The number of hydrogen-bond acceptors (Lipinski definition) is 5. The molecule has 1 aliphatic rings. The Labute approximate surface area is 133 Å². The molecule has 1 heterocycles. The average Bonchev–Trinajstić information content (AvgIpc) is 2.95. The molecule has 0 aromatic heterocycles. The normalized spacial score (nSPS) is 15.3. The number of carbonyl (C=O) groups is 1. The summed E-state index contributed by atoms with van der Waals surface area (Å²) in [7, 11) is 3.15. The predicted octanol–water partition coefficient (Wildman–Crippen LogP) is 3.05. The highest BCUT2D eigenvalue weighted by molar-refractivity contribution is 6.13. The van der Waals surface area contributed by atoms with E-state index in [1.807, 2.05) is 36.4 Å². The molecule has 0 spiro atoms. The van der Waals surface area contributed by atoms with Crippen LogP contribution < -0.4 is 9.47 Å². The van der Waals surface area contributed by atoms with Crippen molar-refractivity contribution in [1.82, 2.24) is 0 Å². The highest BCUT2D eigenvalue weighted by Crippen LogP contribution is 2.25. The monoisotopic (exact) mass is 309 g/mol. The maximum absolute atomic E-state index is 12.0. The third-order valence-corrected chi connectivity index (χ3v) is 3.36. The zero-order valence-corrected chi connectivity index (χ0v) is 12.8. The van der Waals surface area contributed by atoms with E-state index in [-0.39, 0.29) is 11.6 Å². The van der Waals surface area contributed by atoms with Crippen molar-refractivity contribution < 1.29 is 19.0 Å². The molecule has 0 aliphatic carbocycles. The third kappa shape index (κ3) is 3.08.